The van der Waals surface area contributed by atoms with E-state index in [2.05, 4.69) is 56.6 Å². The van der Waals surface area contributed by atoms with Crippen LogP contribution < -0.4 is 46.1 Å². The van der Waals surface area contributed by atoms with Crippen LogP contribution in [0.5, 0.6) is 17.2 Å². The van der Waals surface area contributed by atoms with Crippen LogP contribution in [0.3, 0.4) is 0 Å². The molecule has 4 heterocycles. The third-order valence-corrected chi connectivity index (χ3v) is 9.63. The van der Waals surface area contributed by atoms with Crippen LogP contribution in [0, 0.1) is 0 Å². The van der Waals surface area contributed by atoms with Gasteiger partial charge in [0.15, 0.2) is 11.6 Å². The maximum atomic E-state index is 13.4. The van der Waals surface area contributed by atoms with Crippen molar-refractivity contribution in [3.8, 4) is 17.2 Å². The molecule has 2 amide bonds. The van der Waals surface area contributed by atoms with E-state index >= 15 is 0 Å². The second kappa shape index (κ2) is 21.0. The van der Waals surface area contributed by atoms with Crippen LogP contribution in [0.15, 0.2) is 91.3 Å². The van der Waals surface area contributed by atoms with E-state index in [1.54, 1.807) is 25.4 Å². The Morgan fingerprint density at radius 1 is 0.606 bits per heavy atom. The lowest BCUT2D eigenvalue weighted by Crippen LogP contribution is -2.19. The minimum atomic E-state index is -4.93. The Morgan fingerprint density at radius 3 is 1.70 bits per heavy atom. The summed E-state index contributed by atoms with van der Waals surface area (Å²) in [6, 6.07) is 20.9. The first-order valence-electron chi connectivity index (χ1n) is 20.0. The molecule has 22 heteroatoms. The molecule has 8 rings (SSSR count). The molecule has 0 saturated carbocycles. The summed E-state index contributed by atoms with van der Waals surface area (Å²) in [6.07, 6.45) is -5.15. The first-order valence-corrected chi connectivity index (χ1v) is 20.4. The number of benzene rings is 4. The molecule has 0 radical (unpaired) electrons. The number of nitrogens with one attached hydrogen (secondary N) is 6. The number of aromatic nitrogens is 4. The topological polar surface area (TPSA) is 186 Å². The van der Waals surface area contributed by atoms with E-state index in [0.717, 1.165) is 46.0 Å². The van der Waals surface area contributed by atoms with Crippen LogP contribution >= 0.6 is 11.6 Å². The van der Waals surface area contributed by atoms with E-state index in [0.29, 0.717) is 55.1 Å². The maximum absolute atomic E-state index is 13.4. The number of hydrogen-bond donors (Lipinski definition) is 6. The maximum Gasteiger partial charge on any atom is 0.573 e. The van der Waals surface area contributed by atoms with Crippen molar-refractivity contribution in [2.24, 2.45) is 0 Å². The predicted octanol–water partition coefficient (Wildman–Crippen LogP) is 11.3. The van der Waals surface area contributed by atoms with Crippen LogP contribution in [-0.2, 0) is 28.6 Å². The molecule has 6 aromatic rings. The molecule has 0 saturated heterocycles. The van der Waals surface area contributed by atoms with Crippen LogP contribution in [0.1, 0.15) is 43.4 Å². The van der Waals surface area contributed by atoms with Gasteiger partial charge >= 0.3 is 12.5 Å². The van der Waals surface area contributed by atoms with Crippen molar-refractivity contribution < 1.29 is 50.1 Å². The van der Waals surface area contributed by atoms with Gasteiger partial charge in [-0.05, 0) is 90.7 Å². The summed E-state index contributed by atoms with van der Waals surface area (Å²) < 4.78 is 91.5. The Kier molecular flexibility index (Phi) is 15.2. The predicted molar refractivity (Wildman–Crippen MR) is 238 cm³/mol. The molecule has 0 aliphatic carbocycles. The Morgan fingerprint density at radius 2 is 1.14 bits per heavy atom. The molecule has 0 fully saturated rings. The Hall–Kier alpha value is -7.55. The molecular weight excluding hydrogens is 898 g/mol. The fraction of sp³-hybridized carbons (Fsp3) is 0.227. The molecule has 2 aromatic heterocycles. The molecule has 0 atom stereocenters. The van der Waals surface area contributed by atoms with Crippen molar-refractivity contribution in [1.82, 2.24) is 19.9 Å². The number of halogens is 7. The van der Waals surface area contributed by atoms with Gasteiger partial charge in [-0.15, -0.1) is 13.2 Å². The van der Waals surface area contributed by atoms with Gasteiger partial charge in [0.1, 0.15) is 22.9 Å². The summed E-state index contributed by atoms with van der Waals surface area (Å²) in [5.74, 6) is 0.483. The van der Waals surface area contributed by atoms with E-state index in [-0.39, 0.29) is 34.2 Å². The molecule has 2 aliphatic heterocycles. The third-order valence-electron chi connectivity index (χ3n) is 9.34. The zero-order chi connectivity index (χ0) is 47.6. The standard InChI is InChI=1S/C23H22N6O3.C19H13ClF6N4O2.C2H6/c1-32-19-12-24-23(26-16-5-7-18-14(11-16)3-9-21(31)28-18)29-22(19)25-15-4-6-17-13(10-15)2-8-20(30)27-17;1-31-12-4-2-3-10(7-12)28-16-13(18(21,22)23)9-27-17(30-16)29-11-5-6-15(14(20)8-11)32-19(24,25)26;1-2/h4-7,10-12H,2-3,8-9H2,1H3,(H,27,30)(H,28,31)(H2,24,25,26,29);2-9H,1H3,(H2,27,28,29,30);1-2H3. The number of ether oxygens (including phenoxy) is 3. The SMILES string of the molecule is CC.COc1cccc(Nc2nc(Nc3ccc(OC(F)(F)F)c(Cl)c3)ncc2C(F)(F)F)c1.COc1cnc(Nc2ccc3c(c2)CCC(=O)N3)nc1Nc1ccc2c(c1)CCC(=O)N2. The fourth-order valence-electron chi connectivity index (χ4n) is 6.36. The highest BCUT2D eigenvalue weighted by atomic mass is 35.5. The summed E-state index contributed by atoms with van der Waals surface area (Å²) in [7, 11) is 2.97. The minimum Gasteiger partial charge on any atom is -0.497 e. The third kappa shape index (κ3) is 12.8. The number of anilines is 10. The molecule has 4 aromatic carbocycles. The van der Waals surface area contributed by atoms with Crippen molar-refractivity contribution in [3.05, 3.63) is 113 Å². The molecule has 0 spiro atoms. The highest BCUT2D eigenvalue weighted by Crippen LogP contribution is 2.38. The van der Waals surface area contributed by atoms with Crippen LogP contribution in [0.25, 0.3) is 0 Å². The van der Waals surface area contributed by atoms with Gasteiger partial charge < -0.3 is 46.1 Å². The number of carbonyl (C=O) groups excluding carboxylic acids is 2. The quantitative estimate of drug-likeness (QED) is 0.0675. The lowest BCUT2D eigenvalue weighted by atomic mass is 10.0. The zero-order valence-corrected chi connectivity index (χ0v) is 36.2. The number of nitrogens with zero attached hydrogens (tertiary/aromatic N) is 4. The number of amides is 2. The smallest absolute Gasteiger partial charge is 0.497 e. The Balaban J connectivity index is 0.000000210. The van der Waals surface area contributed by atoms with Crippen LogP contribution in [0.2, 0.25) is 5.02 Å². The minimum absolute atomic E-state index is 0.0379. The molecule has 2 aliphatic rings. The van der Waals surface area contributed by atoms with Gasteiger partial charge in [0.25, 0.3) is 0 Å². The number of hydrogen-bond acceptors (Lipinski definition) is 13. The molecule has 6 N–H and O–H groups in total. The van der Waals surface area contributed by atoms with Gasteiger partial charge in [-0.25, -0.2) is 9.97 Å². The molecule has 15 nitrogen and oxygen atoms in total. The summed E-state index contributed by atoms with van der Waals surface area (Å²) in [4.78, 5) is 39.5. The highest BCUT2D eigenvalue weighted by Gasteiger charge is 2.36. The van der Waals surface area contributed by atoms with E-state index in [9.17, 15) is 35.9 Å². The second-order valence-electron chi connectivity index (χ2n) is 13.8. The number of aryl methyl sites for hydroxylation is 2. The summed E-state index contributed by atoms with van der Waals surface area (Å²) in [5.41, 5.74) is 4.77. The van der Waals surface area contributed by atoms with E-state index in [1.165, 1.54) is 25.3 Å². The molecule has 0 unspecified atom stereocenters. The van der Waals surface area contributed by atoms with Gasteiger partial charge in [-0.3, -0.25) is 9.59 Å². The van der Waals surface area contributed by atoms with Crippen molar-refractivity contribution >= 4 is 81.1 Å². The summed E-state index contributed by atoms with van der Waals surface area (Å²) in [6.45, 7) is 4.00. The van der Waals surface area contributed by atoms with Crippen LogP contribution in [0.4, 0.5) is 84.0 Å². The lowest BCUT2D eigenvalue weighted by molar-refractivity contribution is -0.274. The molecular formula is C44H41ClF6N10O5. The Labute approximate surface area is 378 Å². The first kappa shape index (κ1) is 47.9. The monoisotopic (exact) mass is 938 g/mol. The molecule has 346 valence electrons. The van der Waals surface area contributed by atoms with Gasteiger partial charge in [0.05, 0.1) is 25.4 Å². The lowest BCUT2D eigenvalue weighted by Gasteiger charge is -2.19. The largest absolute Gasteiger partial charge is 0.573 e. The number of rotatable bonds is 11. The molecule has 66 heavy (non-hydrogen) atoms. The van der Waals surface area contributed by atoms with Crippen molar-refractivity contribution in [3.63, 3.8) is 0 Å². The summed E-state index contributed by atoms with van der Waals surface area (Å²) >= 11 is 5.78. The first-order chi connectivity index (χ1) is 31.5. The van der Waals surface area contributed by atoms with Crippen molar-refractivity contribution in [2.75, 3.05) is 46.1 Å². The van der Waals surface area contributed by atoms with Gasteiger partial charge in [-0.2, -0.15) is 23.1 Å². The number of alkyl halides is 6. The van der Waals surface area contributed by atoms with Crippen molar-refractivity contribution in [2.45, 2.75) is 52.1 Å². The summed E-state index contributed by atoms with van der Waals surface area (Å²) in [5, 5.41) is 17.0. The Bertz CT molecular complexity index is 2710. The number of methoxy groups -OCH3 is 2. The number of fused-ring (bicyclic) bond motifs is 2. The van der Waals surface area contributed by atoms with Crippen molar-refractivity contribution in [1.29, 1.82) is 0 Å². The van der Waals surface area contributed by atoms with E-state index in [4.69, 9.17) is 21.1 Å². The van der Waals surface area contributed by atoms with Gasteiger partial charge in [0, 0.05) is 59.2 Å². The van der Waals surface area contributed by atoms with Gasteiger partial charge in [-0.1, -0.05) is 31.5 Å². The average molecular weight is 939 g/mol. The second-order valence-corrected chi connectivity index (χ2v) is 14.2. The molecule has 0 bridgehead atoms. The zero-order valence-electron chi connectivity index (χ0n) is 35.5. The normalized spacial score (nSPS) is 12.8. The van der Waals surface area contributed by atoms with Crippen LogP contribution in [-0.4, -0.2) is 52.3 Å². The highest BCUT2D eigenvalue weighted by molar-refractivity contribution is 6.32. The average Bonchev–Trinajstić information content (AvgIpc) is 3.28. The fourth-order valence-corrected chi connectivity index (χ4v) is 6.57. The number of carbonyl (C=O) groups is 2. The van der Waals surface area contributed by atoms with E-state index in [1.807, 2.05) is 50.2 Å². The van der Waals surface area contributed by atoms with Gasteiger partial charge in [0.2, 0.25) is 23.7 Å². The van der Waals surface area contributed by atoms with E-state index < -0.39 is 29.7 Å².